The van der Waals surface area contributed by atoms with Crippen molar-refractivity contribution in [2.45, 2.75) is 75.5 Å². The Labute approximate surface area is 136 Å². The highest BCUT2D eigenvalue weighted by Gasteiger charge is 2.51. The molecule has 130 valence electrons. The van der Waals surface area contributed by atoms with Crippen molar-refractivity contribution in [2.75, 3.05) is 13.2 Å². The first kappa shape index (κ1) is 16.7. The van der Waals surface area contributed by atoms with Crippen LogP contribution < -0.4 is 5.32 Å². The molecule has 1 saturated heterocycles. The number of carbonyl (C=O) groups is 2. The first-order valence-corrected chi connectivity index (χ1v) is 8.84. The van der Waals surface area contributed by atoms with Crippen molar-refractivity contribution < 1.29 is 24.2 Å². The fraction of sp³-hybridized carbons (Fsp3) is 0.882. The lowest BCUT2D eigenvalue weighted by atomic mass is 9.66. The molecule has 0 aromatic carbocycles. The molecule has 2 N–H and O–H groups in total. The smallest absolute Gasteiger partial charge is 0.306 e. The van der Waals surface area contributed by atoms with E-state index in [-0.39, 0.29) is 36.2 Å². The molecule has 6 nitrogen and oxygen atoms in total. The van der Waals surface area contributed by atoms with Crippen LogP contribution in [-0.2, 0) is 19.1 Å². The third-order valence-corrected chi connectivity index (χ3v) is 5.45. The van der Waals surface area contributed by atoms with E-state index in [0.29, 0.717) is 25.9 Å². The number of rotatable bonds is 5. The van der Waals surface area contributed by atoms with Gasteiger partial charge in [0.15, 0.2) is 0 Å². The van der Waals surface area contributed by atoms with Crippen LogP contribution >= 0.6 is 0 Å². The molecular weight excluding hydrogens is 298 g/mol. The normalized spacial score (nSPS) is 34.8. The summed E-state index contributed by atoms with van der Waals surface area (Å²) in [5.41, 5.74) is -0.330. The summed E-state index contributed by atoms with van der Waals surface area (Å²) in [5.74, 6) is -1.10. The molecule has 2 aliphatic carbocycles. The fourth-order valence-corrected chi connectivity index (χ4v) is 4.14. The van der Waals surface area contributed by atoms with Crippen molar-refractivity contribution in [3.63, 3.8) is 0 Å². The van der Waals surface area contributed by atoms with Crippen molar-refractivity contribution in [2.24, 2.45) is 5.92 Å². The molecule has 3 aliphatic rings. The van der Waals surface area contributed by atoms with Gasteiger partial charge in [0.1, 0.15) is 6.61 Å². The van der Waals surface area contributed by atoms with Crippen LogP contribution in [0, 0.1) is 5.92 Å². The Bertz CT molecular complexity index is 440. The van der Waals surface area contributed by atoms with Gasteiger partial charge in [0.05, 0.1) is 17.6 Å². The van der Waals surface area contributed by atoms with Gasteiger partial charge in [0.25, 0.3) is 0 Å². The number of hydrogen-bond acceptors (Lipinski definition) is 4. The van der Waals surface area contributed by atoms with Crippen LogP contribution in [0.5, 0.6) is 0 Å². The van der Waals surface area contributed by atoms with Gasteiger partial charge in [-0.15, -0.1) is 0 Å². The van der Waals surface area contributed by atoms with Gasteiger partial charge in [-0.1, -0.05) is 19.3 Å². The van der Waals surface area contributed by atoms with Crippen LogP contribution in [0.15, 0.2) is 0 Å². The Balaban J connectivity index is 1.39. The maximum absolute atomic E-state index is 12.1. The van der Waals surface area contributed by atoms with Gasteiger partial charge >= 0.3 is 5.97 Å². The van der Waals surface area contributed by atoms with Crippen LogP contribution in [0.3, 0.4) is 0 Å². The van der Waals surface area contributed by atoms with E-state index < -0.39 is 5.97 Å². The van der Waals surface area contributed by atoms with E-state index in [1.807, 2.05) is 0 Å². The topological polar surface area (TPSA) is 84.9 Å². The summed E-state index contributed by atoms with van der Waals surface area (Å²) in [6.07, 6.45) is 8.64. The van der Waals surface area contributed by atoms with Crippen molar-refractivity contribution >= 4 is 11.9 Å². The predicted molar refractivity (Wildman–Crippen MR) is 83.0 cm³/mol. The second-order valence-electron chi connectivity index (χ2n) is 7.30. The molecule has 2 saturated carbocycles. The average Bonchev–Trinajstić information content (AvgIpc) is 2.51. The fourth-order valence-electron chi connectivity index (χ4n) is 4.14. The first-order valence-electron chi connectivity index (χ1n) is 8.84. The highest BCUT2D eigenvalue weighted by molar-refractivity contribution is 5.77. The Kier molecular flexibility index (Phi) is 5.21. The van der Waals surface area contributed by atoms with Crippen LogP contribution in [-0.4, -0.2) is 47.9 Å². The second-order valence-corrected chi connectivity index (χ2v) is 7.30. The molecule has 1 spiro atoms. The minimum atomic E-state index is -0.744. The quantitative estimate of drug-likeness (QED) is 0.806. The molecule has 1 amide bonds. The van der Waals surface area contributed by atoms with Crippen LogP contribution in [0.1, 0.15) is 57.8 Å². The van der Waals surface area contributed by atoms with Gasteiger partial charge in [0.2, 0.25) is 5.91 Å². The van der Waals surface area contributed by atoms with E-state index in [4.69, 9.17) is 14.6 Å². The van der Waals surface area contributed by atoms with Gasteiger partial charge in [-0.3, -0.25) is 9.59 Å². The zero-order valence-electron chi connectivity index (χ0n) is 13.6. The van der Waals surface area contributed by atoms with E-state index in [1.165, 1.54) is 19.3 Å². The minimum Gasteiger partial charge on any atom is -0.481 e. The molecule has 1 aliphatic heterocycles. The molecule has 1 atom stereocenters. The Hall–Kier alpha value is -1.14. The van der Waals surface area contributed by atoms with Crippen molar-refractivity contribution in [3.05, 3.63) is 0 Å². The monoisotopic (exact) mass is 325 g/mol. The molecule has 0 aromatic heterocycles. The first-order chi connectivity index (χ1) is 11.1. The number of hydrogen-bond donors (Lipinski definition) is 2. The van der Waals surface area contributed by atoms with E-state index >= 15 is 0 Å². The lowest BCUT2D eigenvalue weighted by Crippen LogP contribution is -2.56. The van der Waals surface area contributed by atoms with E-state index in [2.05, 4.69) is 5.32 Å². The number of ether oxygens (including phenoxy) is 2. The number of carbonyl (C=O) groups excluding carboxylic acids is 1. The zero-order chi connectivity index (χ0) is 16.3. The van der Waals surface area contributed by atoms with Crippen molar-refractivity contribution in [3.8, 4) is 0 Å². The summed E-state index contributed by atoms with van der Waals surface area (Å²) in [7, 11) is 0. The summed E-state index contributed by atoms with van der Waals surface area (Å²) >= 11 is 0. The molecule has 0 bridgehead atoms. The molecule has 1 unspecified atom stereocenters. The molecule has 1 heterocycles. The van der Waals surface area contributed by atoms with Gasteiger partial charge in [0, 0.05) is 12.6 Å². The summed E-state index contributed by atoms with van der Waals surface area (Å²) in [5, 5.41) is 12.0. The number of carboxylic acids is 1. The maximum Gasteiger partial charge on any atom is 0.306 e. The second kappa shape index (κ2) is 7.18. The summed E-state index contributed by atoms with van der Waals surface area (Å²) in [6, 6.07) is 0.0703. The average molecular weight is 325 g/mol. The van der Waals surface area contributed by atoms with Crippen molar-refractivity contribution in [1.82, 2.24) is 5.32 Å². The van der Waals surface area contributed by atoms with Crippen molar-refractivity contribution in [1.29, 1.82) is 0 Å². The van der Waals surface area contributed by atoms with Gasteiger partial charge in [-0.05, 0) is 38.5 Å². The molecule has 0 aromatic rings. The number of nitrogens with one attached hydrogen (secondary N) is 1. The number of aliphatic carboxylic acids is 1. The minimum absolute atomic E-state index is 0.0632. The largest absolute Gasteiger partial charge is 0.481 e. The number of carboxylic acid groups (broad SMARTS) is 1. The van der Waals surface area contributed by atoms with E-state index in [9.17, 15) is 9.59 Å². The molecule has 6 heteroatoms. The molecule has 3 fully saturated rings. The zero-order valence-corrected chi connectivity index (χ0v) is 13.6. The van der Waals surface area contributed by atoms with Crippen LogP contribution in [0.4, 0.5) is 0 Å². The highest BCUT2D eigenvalue weighted by atomic mass is 16.5. The molecular formula is C17H27NO5. The lowest BCUT2D eigenvalue weighted by molar-refractivity contribution is -0.182. The third-order valence-electron chi connectivity index (χ3n) is 5.45. The third kappa shape index (κ3) is 4.23. The standard InChI is InChI=1S/C17H27NO5/c19-15(11-22-14-4-2-1-3-5-14)18-13-6-7-23-17(10-13)8-12(9-17)16(20)21/h12-14H,1-11H2,(H,18,19)(H,20,21). The molecule has 3 rings (SSSR count). The Morgan fingerprint density at radius 2 is 1.87 bits per heavy atom. The maximum atomic E-state index is 12.1. The van der Waals surface area contributed by atoms with E-state index in [0.717, 1.165) is 19.3 Å². The van der Waals surface area contributed by atoms with E-state index in [1.54, 1.807) is 0 Å². The van der Waals surface area contributed by atoms with Crippen LogP contribution in [0.2, 0.25) is 0 Å². The number of amides is 1. The Morgan fingerprint density at radius 3 is 2.57 bits per heavy atom. The van der Waals surface area contributed by atoms with Crippen LogP contribution in [0.25, 0.3) is 0 Å². The highest BCUT2D eigenvalue weighted by Crippen LogP contribution is 2.46. The molecule has 0 radical (unpaired) electrons. The van der Waals surface area contributed by atoms with Gasteiger partial charge in [-0.2, -0.15) is 0 Å². The lowest BCUT2D eigenvalue weighted by Gasteiger charge is -2.50. The summed E-state index contributed by atoms with van der Waals surface area (Å²) < 4.78 is 11.5. The molecule has 23 heavy (non-hydrogen) atoms. The predicted octanol–water partition coefficient (Wildman–Crippen LogP) is 1.86. The SMILES string of the molecule is O=C(COC1CCCCC1)NC1CCOC2(C1)CC(C(=O)O)C2. The summed E-state index contributed by atoms with van der Waals surface area (Å²) in [4.78, 5) is 23.0. The van der Waals surface area contributed by atoms with Gasteiger partial charge in [-0.25, -0.2) is 0 Å². The van der Waals surface area contributed by atoms with Gasteiger partial charge < -0.3 is 19.9 Å². The summed E-state index contributed by atoms with van der Waals surface area (Å²) in [6.45, 7) is 0.716. The Morgan fingerprint density at radius 1 is 1.13 bits per heavy atom.